The minimum Gasteiger partial charge on any atom is -0.438 e. The summed E-state index contributed by atoms with van der Waals surface area (Å²) in [6.45, 7) is 6.47. The van der Waals surface area contributed by atoms with Gasteiger partial charge < -0.3 is 4.74 Å². The third-order valence-electron chi connectivity index (χ3n) is 2.63. The third-order valence-corrected chi connectivity index (χ3v) is 3.86. The first-order valence-electron chi connectivity index (χ1n) is 5.82. The molecule has 0 fully saturated rings. The van der Waals surface area contributed by atoms with Gasteiger partial charge in [0.1, 0.15) is 16.5 Å². The molecule has 0 bridgehead atoms. The summed E-state index contributed by atoms with van der Waals surface area (Å²) in [4.78, 5) is 7.93. The van der Waals surface area contributed by atoms with Crippen molar-refractivity contribution in [2.75, 3.05) is 0 Å². The Morgan fingerprint density at radius 3 is 2.63 bits per heavy atom. The van der Waals surface area contributed by atoms with Crippen LogP contribution in [0.2, 0.25) is 5.15 Å². The molecule has 0 aliphatic carbocycles. The fourth-order valence-corrected chi connectivity index (χ4v) is 1.95. The summed E-state index contributed by atoms with van der Waals surface area (Å²) in [5.74, 6) is 1.13. The number of rotatable bonds is 2. The van der Waals surface area contributed by atoms with E-state index in [1.54, 1.807) is 0 Å². The quantitative estimate of drug-likeness (QED) is 0.722. The number of hydrogen-bond acceptors (Lipinski definition) is 3. The Hall–Kier alpha value is -1.13. The van der Waals surface area contributed by atoms with Crippen LogP contribution in [0.5, 0.6) is 11.6 Å². The van der Waals surface area contributed by atoms with Crippen molar-refractivity contribution >= 4 is 27.5 Å². The van der Waals surface area contributed by atoms with E-state index in [1.807, 2.05) is 18.2 Å². The van der Waals surface area contributed by atoms with Crippen LogP contribution in [0.1, 0.15) is 26.3 Å². The molecule has 3 nitrogen and oxygen atoms in total. The zero-order chi connectivity index (χ0) is 14.0. The molecule has 0 amide bonds. The molecule has 19 heavy (non-hydrogen) atoms. The average Bonchev–Trinajstić information content (AvgIpc) is 2.34. The van der Waals surface area contributed by atoms with E-state index in [9.17, 15) is 0 Å². The Balaban J connectivity index is 2.31. The largest absolute Gasteiger partial charge is 0.438 e. The van der Waals surface area contributed by atoms with Gasteiger partial charge >= 0.3 is 0 Å². The van der Waals surface area contributed by atoms with Crippen molar-refractivity contribution in [3.63, 3.8) is 0 Å². The van der Waals surface area contributed by atoms with E-state index in [2.05, 4.69) is 52.7 Å². The molecule has 2 rings (SSSR count). The zero-order valence-electron chi connectivity index (χ0n) is 10.9. The fraction of sp³-hybridized carbons (Fsp3) is 0.286. The maximum atomic E-state index is 5.91. The second-order valence-electron chi connectivity index (χ2n) is 5.16. The molecule has 5 heteroatoms. The van der Waals surface area contributed by atoms with Crippen LogP contribution < -0.4 is 4.74 Å². The number of halogens is 2. The minimum atomic E-state index is 0.0694. The van der Waals surface area contributed by atoms with Crippen molar-refractivity contribution in [1.82, 2.24) is 9.97 Å². The van der Waals surface area contributed by atoms with Gasteiger partial charge in [-0.2, -0.15) is 0 Å². The summed E-state index contributed by atoms with van der Waals surface area (Å²) in [7, 11) is 0. The molecule has 0 atom stereocenters. The van der Waals surface area contributed by atoms with Crippen molar-refractivity contribution in [1.29, 1.82) is 0 Å². The van der Waals surface area contributed by atoms with Crippen molar-refractivity contribution < 1.29 is 4.74 Å². The first-order chi connectivity index (χ1) is 8.88. The lowest BCUT2D eigenvalue weighted by atomic mass is 9.87. The fourth-order valence-electron chi connectivity index (χ4n) is 1.54. The summed E-state index contributed by atoms with van der Waals surface area (Å²) in [5, 5.41) is 0.331. The maximum absolute atomic E-state index is 5.91. The Morgan fingerprint density at radius 1 is 1.21 bits per heavy atom. The highest BCUT2D eigenvalue weighted by Gasteiger charge is 2.15. The van der Waals surface area contributed by atoms with Gasteiger partial charge in [-0.1, -0.05) is 44.5 Å². The van der Waals surface area contributed by atoms with Crippen molar-refractivity contribution in [3.8, 4) is 11.6 Å². The van der Waals surface area contributed by atoms with Crippen LogP contribution in [0.4, 0.5) is 0 Å². The molecule has 0 aliphatic rings. The molecular formula is C14H14BrClN2O. The highest BCUT2D eigenvalue weighted by molar-refractivity contribution is 9.10. The lowest BCUT2D eigenvalue weighted by molar-refractivity contribution is 0.455. The van der Waals surface area contributed by atoms with Gasteiger partial charge in [0.15, 0.2) is 5.15 Å². The van der Waals surface area contributed by atoms with Crippen LogP contribution >= 0.6 is 27.5 Å². The van der Waals surface area contributed by atoms with E-state index in [-0.39, 0.29) is 5.41 Å². The summed E-state index contributed by atoms with van der Waals surface area (Å²) in [6.07, 6.45) is 1.37. The molecule has 1 heterocycles. The van der Waals surface area contributed by atoms with Crippen LogP contribution in [0.15, 0.2) is 35.1 Å². The number of benzene rings is 1. The molecule has 0 saturated heterocycles. The highest BCUT2D eigenvalue weighted by Crippen LogP contribution is 2.33. The topological polar surface area (TPSA) is 35.0 Å². The molecule has 0 aliphatic heterocycles. The average molecular weight is 342 g/mol. The van der Waals surface area contributed by atoms with Crippen LogP contribution in [0, 0.1) is 0 Å². The monoisotopic (exact) mass is 340 g/mol. The first kappa shape index (κ1) is 14.3. The number of nitrogens with zero attached hydrogens (tertiary/aromatic N) is 2. The smallest absolute Gasteiger partial charge is 0.238 e. The molecule has 1 aromatic carbocycles. The van der Waals surface area contributed by atoms with Crippen molar-refractivity contribution in [3.05, 3.63) is 45.8 Å². The molecule has 0 spiro atoms. The molecular weight excluding hydrogens is 328 g/mol. The predicted molar refractivity (Wildman–Crippen MR) is 80.0 cm³/mol. The molecule has 0 saturated carbocycles. The molecule has 0 N–H and O–H groups in total. The van der Waals surface area contributed by atoms with Gasteiger partial charge in [-0.05, 0) is 39.0 Å². The zero-order valence-corrected chi connectivity index (χ0v) is 13.3. The standard InChI is InChI=1S/C14H14BrClN2O/c1-14(2,3)9-5-4-6-10(7-9)19-13-11(15)12(16)17-8-18-13/h4-8H,1-3H3. The lowest BCUT2D eigenvalue weighted by Gasteiger charge is -2.19. The van der Waals surface area contributed by atoms with Gasteiger partial charge in [0.05, 0.1) is 0 Å². The Bertz CT molecular complexity index is 596. The van der Waals surface area contributed by atoms with Gasteiger partial charge in [-0.25, -0.2) is 9.97 Å². The van der Waals surface area contributed by atoms with Gasteiger partial charge in [0.2, 0.25) is 5.88 Å². The Kier molecular flexibility index (Phi) is 4.11. The summed E-state index contributed by atoms with van der Waals surface area (Å²) >= 11 is 9.22. The van der Waals surface area contributed by atoms with Crippen LogP contribution in [0.3, 0.4) is 0 Å². The van der Waals surface area contributed by atoms with Crippen LogP contribution in [-0.4, -0.2) is 9.97 Å². The van der Waals surface area contributed by atoms with E-state index in [1.165, 1.54) is 11.9 Å². The van der Waals surface area contributed by atoms with Gasteiger partial charge in [-0.3, -0.25) is 0 Å². The van der Waals surface area contributed by atoms with Gasteiger partial charge in [0, 0.05) is 0 Å². The van der Waals surface area contributed by atoms with Crippen molar-refractivity contribution in [2.24, 2.45) is 0 Å². The van der Waals surface area contributed by atoms with Crippen LogP contribution in [-0.2, 0) is 5.41 Å². The molecule has 0 radical (unpaired) electrons. The summed E-state index contributed by atoms with van der Waals surface area (Å²) in [5.41, 5.74) is 1.26. The Labute approximate surface area is 126 Å². The SMILES string of the molecule is CC(C)(C)c1cccc(Oc2ncnc(Cl)c2Br)c1. The predicted octanol–water partition coefficient (Wildman–Crippen LogP) is 4.98. The van der Waals surface area contributed by atoms with E-state index in [4.69, 9.17) is 16.3 Å². The summed E-state index contributed by atoms with van der Waals surface area (Å²) in [6, 6.07) is 7.93. The third kappa shape index (κ3) is 3.45. The second kappa shape index (κ2) is 5.47. The van der Waals surface area contributed by atoms with E-state index < -0.39 is 0 Å². The number of hydrogen-bond donors (Lipinski definition) is 0. The van der Waals surface area contributed by atoms with E-state index in [0.717, 1.165) is 5.75 Å². The molecule has 1 aromatic heterocycles. The molecule has 100 valence electrons. The lowest BCUT2D eigenvalue weighted by Crippen LogP contribution is -2.10. The number of aromatic nitrogens is 2. The minimum absolute atomic E-state index is 0.0694. The van der Waals surface area contributed by atoms with Crippen molar-refractivity contribution in [2.45, 2.75) is 26.2 Å². The summed E-state index contributed by atoms with van der Waals surface area (Å²) < 4.78 is 6.30. The Morgan fingerprint density at radius 2 is 1.95 bits per heavy atom. The molecule has 0 unspecified atom stereocenters. The number of ether oxygens (including phenoxy) is 1. The van der Waals surface area contributed by atoms with Gasteiger partial charge in [0.25, 0.3) is 0 Å². The molecule has 2 aromatic rings. The van der Waals surface area contributed by atoms with Crippen LogP contribution in [0.25, 0.3) is 0 Å². The first-order valence-corrected chi connectivity index (χ1v) is 6.99. The van der Waals surface area contributed by atoms with E-state index in [0.29, 0.717) is 15.5 Å². The normalized spacial score (nSPS) is 11.4. The second-order valence-corrected chi connectivity index (χ2v) is 6.31. The maximum Gasteiger partial charge on any atom is 0.238 e. The van der Waals surface area contributed by atoms with E-state index >= 15 is 0 Å². The van der Waals surface area contributed by atoms with Gasteiger partial charge in [-0.15, -0.1) is 0 Å². The highest BCUT2D eigenvalue weighted by atomic mass is 79.9.